The van der Waals surface area contributed by atoms with E-state index >= 15 is 0 Å². The molecule has 0 heterocycles. The molecule has 0 aromatic carbocycles. The number of esters is 3. The van der Waals surface area contributed by atoms with E-state index in [-0.39, 0.29) is 31.1 Å². The normalized spacial score (nSPS) is 12.8. The molecule has 0 aromatic rings. The molecule has 476 valence electrons. The van der Waals surface area contributed by atoms with E-state index < -0.39 is 6.10 Å². The molecule has 83 heavy (non-hydrogen) atoms. The molecule has 0 spiro atoms. The van der Waals surface area contributed by atoms with Gasteiger partial charge in [0.2, 0.25) is 0 Å². The Morgan fingerprint density at radius 3 is 0.735 bits per heavy atom. The number of hydrogen-bond acceptors (Lipinski definition) is 6. The van der Waals surface area contributed by atoms with E-state index in [2.05, 4.69) is 130 Å². The number of hydrogen-bond donors (Lipinski definition) is 0. The Balaban J connectivity index is 3.98. The van der Waals surface area contributed by atoms with E-state index in [9.17, 15) is 14.4 Å². The second-order valence-corrected chi connectivity index (χ2v) is 23.4. The fourth-order valence-corrected chi connectivity index (χ4v) is 9.99. The molecule has 0 bridgehead atoms. The van der Waals surface area contributed by atoms with Crippen LogP contribution in [0.25, 0.3) is 0 Å². The van der Waals surface area contributed by atoms with Crippen LogP contribution in [0.3, 0.4) is 0 Å². The molecular formula is C77H132O6. The topological polar surface area (TPSA) is 78.9 Å². The lowest BCUT2D eigenvalue weighted by atomic mass is 10.0. The number of carbonyl (C=O) groups is 3. The summed E-state index contributed by atoms with van der Waals surface area (Å²) >= 11 is 0. The van der Waals surface area contributed by atoms with Crippen molar-refractivity contribution in [2.45, 2.75) is 348 Å². The average molecular weight is 1150 g/mol. The zero-order chi connectivity index (χ0) is 59.9. The summed E-state index contributed by atoms with van der Waals surface area (Å²) in [6.45, 7) is 6.46. The van der Waals surface area contributed by atoms with Crippen molar-refractivity contribution in [2.75, 3.05) is 13.2 Å². The minimum Gasteiger partial charge on any atom is -0.462 e. The summed E-state index contributed by atoms with van der Waals surface area (Å²) in [6, 6.07) is 0. The Labute approximate surface area is 514 Å². The quantitative estimate of drug-likeness (QED) is 0.0261. The first kappa shape index (κ1) is 79.1. The molecule has 0 aliphatic carbocycles. The van der Waals surface area contributed by atoms with Crippen LogP contribution >= 0.6 is 0 Å². The second-order valence-electron chi connectivity index (χ2n) is 23.4. The standard InChI is InChI=1S/C77H132O6/c1-4-7-10-13-15-17-19-21-23-25-27-29-31-33-34-35-36-37-38-39-40-41-42-44-45-47-49-51-53-55-57-59-61-64-67-70-76(79)82-73-74(72-81-75(78)69-66-63-12-9-6-3)83-77(80)71-68-65-62-60-58-56-54-52-50-48-46-43-32-30-28-26-24-22-20-18-16-14-11-8-5-2/h7,10,15,17,20-23,26-29,33-34,36-37,39-40,74H,4-6,8-9,11-14,16,18-19,24-25,30-32,35,38,41-73H2,1-3H3/b10-7-,17-15-,22-20-,23-21-,28-26-,29-27-,34-33-,37-36-,40-39-. The van der Waals surface area contributed by atoms with Crippen LogP contribution in [0.5, 0.6) is 0 Å². The molecule has 0 N–H and O–H groups in total. The Kier molecular flexibility index (Phi) is 67.2. The van der Waals surface area contributed by atoms with Gasteiger partial charge in [0.05, 0.1) is 0 Å². The average Bonchev–Trinajstić information content (AvgIpc) is 3.49. The summed E-state index contributed by atoms with van der Waals surface area (Å²) in [7, 11) is 0. The van der Waals surface area contributed by atoms with Crippen molar-refractivity contribution in [2.24, 2.45) is 0 Å². The first-order valence-electron chi connectivity index (χ1n) is 35.4. The van der Waals surface area contributed by atoms with E-state index in [0.29, 0.717) is 19.3 Å². The third kappa shape index (κ3) is 68.7. The molecule has 0 saturated carbocycles. The molecule has 0 saturated heterocycles. The van der Waals surface area contributed by atoms with Crippen molar-refractivity contribution in [1.82, 2.24) is 0 Å². The van der Waals surface area contributed by atoms with Crippen LogP contribution in [0, 0.1) is 0 Å². The molecule has 1 atom stereocenters. The summed E-state index contributed by atoms with van der Waals surface area (Å²) in [5, 5.41) is 0. The van der Waals surface area contributed by atoms with Crippen LogP contribution in [0.4, 0.5) is 0 Å². The predicted molar refractivity (Wildman–Crippen MR) is 362 cm³/mol. The third-order valence-electron chi connectivity index (χ3n) is 15.3. The Bertz CT molecular complexity index is 1660. The highest BCUT2D eigenvalue weighted by atomic mass is 16.6. The summed E-state index contributed by atoms with van der Waals surface area (Å²) < 4.78 is 16.8. The molecule has 0 fully saturated rings. The SMILES string of the molecule is CC/C=C\C/C=C\C/C=C\C/C=C\C/C=C\C/C=C\C/C=C\CCCCCCCCCCCCCCCC(=O)OCC(COC(=O)CCCCCCC)OC(=O)CCCCCCCCCCCCCCC/C=C\C/C=C\CCCCCCC. The van der Waals surface area contributed by atoms with Crippen molar-refractivity contribution in [1.29, 1.82) is 0 Å². The number of ether oxygens (including phenoxy) is 3. The van der Waals surface area contributed by atoms with Crippen LogP contribution in [0.2, 0.25) is 0 Å². The van der Waals surface area contributed by atoms with Gasteiger partial charge in [0.25, 0.3) is 0 Å². The van der Waals surface area contributed by atoms with Gasteiger partial charge in [-0.25, -0.2) is 0 Å². The van der Waals surface area contributed by atoms with E-state index in [4.69, 9.17) is 14.2 Å². The van der Waals surface area contributed by atoms with Crippen molar-refractivity contribution in [3.05, 3.63) is 109 Å². The lowest BCUT2D eigenvalue weighted by Gasteiger charge is -2.18. The fourth-order valence-electron chi connectivity index (χ4n) is 9.99. The summed E-state index contributed by atoms with van der Waals surface area (Å²) in [5.41, 5.74) is 0. The molecule has 6 heteroatoms. The Hall–Kier alpha value is -3.93. The number of unbranched alkanes of at least 4 members (excludes halogenated alkanes) is 35. The molecule has 0 rings (SSSR count). The van der Waals surface area contributed by atoms with Gasteiger partial charge in [-0.3, -0.25) is 14.4 Å². The Morgan fingerprint density at radius 1 is 0.253 bits per heavy atom. The zero-order valence-electron chi connectivity index (χ0n) is 54.7. The highest BCUT2D eigenvalue weighted by molar-refractivity contribution is 5.71. The monoisotopic (exact) mass is 1150 g/mol. The van der Waals surface area contributed by atoms with Gasteiger partial charge in [0, 0.05) is 19.3 Å². The van der Waals surface area contributed by atoms with Crippen molar-refractivity contribution < 1.29 is 28.6 Å². The van der Waals surface area contributed by atoms with E-state index in [1.54, 1.807) is 0 Å². The van der Waals surface area contributed by atoms with Gasteiger partial charge < -0.3 is 14.2 Å². The smallest absolute Gasteiger partial charge is 0.306 e. The van der Waals surface area contributed by atoms with Crippen LogP contribution in [-0.4, -0.2) is 37.2 Å². The predicted octanol–water partition coefficient (Wildman–Crippen LogP) is 24.6. The van der Waals surface area contributed by atoms with E-state index in [0.717, 1.165) is 116 Å². The van der Waals surface area contributed by atoms with Gasteiger partial charge in [0.15, 0.2) is 6.10 Å². The van der Waals surface area contributed by atoms with Crippen molar-refractivity contribution in [3.63, 3.8) is 0 Å². The van der Waals surface area contributed by atoms with Gasteiger partial charge in [-0.2, -0.15) is 0 Å². The molecule has 0 radical (unpaired) electrons. The zero-order valence-corrected chi connectivity index (χ0v) is 54.7. The summed E-state index contributed by atoms with van der Waals surface area (Å²) in [6.07, 6.45) is 97.4. The summed E-state index contributed by atoms with van der Waals surface area (Å²) in [5.74, 6) is -0.880. The van der Waals surface area contributed by atoms with Crippen molar-refractivity contribution in [3.8, 4) is 0 Å². The van der Waals surface area contributed by atoms with Crippen LogP contribution in [0.1, 0.15) is 342 Å². The minimum atomic E-state index is -0.775. The van der Waals surface area contributed by atoms with Gasteiger partial charge in [0.1, 0.15) is 13.2 Å². The lowest BCUT2D eigenvalue weighted by Crippen LogP contribution is -2.30. The summed E-state index contributed by atoms with van der Waals surface area (Å²) in [4.78, 5) is 38.0. The highest BCUT2D eigenvalue weighted by Crippen LogP contribution is 2.17. The molecule has 0 aliphatic heterocycles. The maximum Gasteiger partial charge on any atom is 0.306 e. The second kappa shape index (κ2) is 70.6. The van der Waals surface area contributed by atoms with Crippen LogP contribution < -0.4 is 0 Å². The molecule has 6 nitrogen and oxygen atoms in total. The van der Waals surface area contributed by atoms with E-state index in [1.165, 1.54) is 186 Å². The number of carbonyl (C=O) groups excluding carboxylic acids is 3. The maximum absolute atomic E-state index is 12.9. The van der Waals surface area contributed by atoms with Gasteiger partial charge in [-0.05, 0) is 109 Å². The largest absolute Gasteiger partial charge is 0.462 e. The van der Waals surface area contributed by atoms with Crippen LogP contribution in [0.15, 0.2) is 109 Å². The first-order valence-corrected chi connectivity index (χ1v) is 35.4. The minimum absolute atomic E-state index is 0.0761. The number of rotatable bonds is 64. The van der Waals surface area contributed by atoms with Gasteiger partial charge in [-0.1, -0.05) is 323 Å². The number of allylic oxidation sites excluding steroid dienone is 18. The Morgan fingerprint density at radius 2 is 0.470 bits per heavy atom. The fraction of sp³-hybridized carbons (Fsp3) is 0.727. The third-order valence-corrected chi connectivity index (χ3v) is 15.3. The van der Waals surface area contributed by atoms with Gasteiger partial charge >= 0.3 is 17.9 Å². The molecule has 1 unspecified atom stereocenters. The molecule has 0 amide bonds. The molecule has 0 aliphatic rings. The first-order chi connectivity index (χ1) is 41.0. The van der Waals surface area contributed by atoms with E-state index in [1.807, 2.05) is 0 Å². The lowest BCUT2D eigenvalue weighted by molar-refractivity contribution is -0.167. The highest BCUT2D eigenvalue weighted by Gasteiger charge is 2.19. The van der Waals surface area contributed by atoms with Crippen LogP contribution in [-0.2, 0) is 28.6 Å². The maximum atomic E-state index is 12.9. The molecular weight excluding hydrogens is 1020 g/mol. The molecule has 0 aromatic heterocycles. The van der Waals surface area contributed by atoms with Gasteiger partial charge in [-0.15, -0.1) is 0 Å². The van der Waals surface area contributed by atoms with Crippen molar-refractivity contribution >= 4 is 17.9 Å².